The van der Waals surface area contributed by atoms with Gasteiger partial charge in [0.25, 0.3) is 10.0 Å². The van der Waals surface area contributed by atoms with Gasteiger partial charge in [0.1, 0.15) is 16.5 Å². The van der Waals surface area contributed by atoms with E-state index in [9.17, 15) is 17.2 Å². The number of thiazole rings is 1. The first kappa shape index (κ1) is 19.2. The van der Waals surface area contributed by atoms with Crippen LogP contribution < -0.4 is 4.80 Å². The predicted octanol–water partition coefficient (Wildman–Crippen LogP) is 4.13. The first-order valence-electron chi connectivity index (χ1n) is 8.46. The van der Waals surface area contributed by atoms with E-state index in [1.165, 1.54) is 11.3 Å². The fourth-order valence-electron chi connectivity index (χ4n) is 2.86. The fraction of sp³-hybridized carbons (Fsp3) is 0.500. The molecule has 1 aliphatic rings. The molecule has 0 spiro atoms. The largest absolute Gasteiger partial charge is 0.320 e. The molecule has 0 radical (unpaired) electrons. The molecule has 1 aliphatic carbocycles. The third kappa shape index (κ3) is 3.91. The summed E-state index contributed by atoms with van der Waals surface area (Å²) in [6.07, 6.45) is 2.23. The standard InChI is InChI=1S/C18H22F2N2O2S2/c1-11-16(18(2,3)4)25-17(22(11)10-12-5-6-12)21-26(23,24)15-8-7-13(19)9-14(15)20/h7-9,12H,5-6,10H2,1-4H3. The zero-order valence-corrected chi connectivity index (χ0v) is 16.8. The van der Waals surface area contributed by atoms with Gasteiger partial charge in [-0.15, -0.1) is 15.7 Å². The minimum absolute atomic E-state index is 0.154. The van der Waals surface area contributed by atoms with E-state index in [2.05, 4.69) is 25.2 Å². The Bertz CT molecular complexity index is 1010. The van der Waals surface area contributed by atoms with Gasteiger partial charge in [-0.1, -0.05) is 20.8 Å². The van der Waals surface area contributed by atoms with Gasteiger partial charge in [0.15, 0.2) is 0 Å². The van der Waals surface area contributed by atoms with Gasteiger partial charge in [-0.2, -0.15) is 8.42 Å². The number of benzene rings is 1. The number of hydrogen-bond donors (Lipinski definition) is 0. The van der Waals surface area contributed by atoms with E-state index in [0.717, 1.165) is 35.5 Å². The second-order valence-corrected chi connectivity index (χ2v) is 10.3. The van der Waals surface area contributed by atoms with Crippen molar-refractivity contribution < 1.29 is 17.2 Å². The van der Waals surface area contributed by atoms with Crippen LogP contribution in [0.15, 0.2) is 27.5 Å². The van der Waals surface area contributed by atoms with Gasteiger partial charge in [-0.05, 0) is 43.2 Å². The van der Waals surface area contributed by atoms with E-state index >= 15 is 0 Å². The Morgan fingerprint density at radius 2 is 1.92 bits per heavy atom. The molecular formula is C18H22F2N2O2S2. The molecule has 0 bridgehead atoms. The topological polar surface area (TPSA) is 51.4 Å². The zero-order chi connectivity index (χ0) is 19.3. The van der Waals surface area contributed by atoms with Crippen LogP contribution in [-0.4, -0.2) is 13.0 Å². The first-order chi connectivity index (χ1) is 12.0. The molecule has 0 saturated heterocycles. The lowest BCUT2D eigenvalue weighted by atomic mass is 9.93. The van der Waals surface area contributed by atoms with Gasteiger partial charge >= 0.3 is 0 Å². The molecule has 142 valence electrons. The third-order valence-corrected chi connectivity index (χ3v) is 7.37. The van der Waals surface area contributed by atoms with E-state index in [1.54, 1.807) is 0 Å². The van der Waals surface area contributed by atoms with E-state index < -0.39 is 26.6 Å². The van der Waals surface area contributed by atoms with Crippen molar-refractivity contribution in [2.45, 2.75) is 57.4 Å². The second kappa shape index (κ2) is 6.56. The van der Waals surface area contributed by atoms with E-state index in [-0.39, 0.29) is 5.41 Å². The van der Waals surface area contributed by atoms with Gasteiger partial charge < -0.3 is 4.57 Å². The predicted molar refractivity (Wildman–Crippen MR) is 97.6 cm³/mol. The average molecular weight is 401 g/mol. The summed E-state index contributed by atoms with van der Waals surface area (Å²) in [5.74, 6) is -1.43. The van der Waals surface area contributed by atoms with Crippen molar-refractivity contribution in [2.24, 2.45) is 10.3 Å². The van der Waals surface area contributed by atoms with Crippen molar-refractivity contribution >= 4 is 21.4 Å². The van der Waals surface area contributed by atoms with E-state index in [1.807, 2.05) is 11.5 Å². The lowest BCUT2D eigenvalue weighted by molar-refractivity contribution is 0.547. The van der Waals surface area contributed by atoms with Crippen LogP contribution in [-0.2, 0) is 22.0 Å². The summed E-state index contributed by atoms with van der Waals surface area (Å²) in [5.41, 5.74) is 0.835. The smallest absolute Gasteiger partial charge is 0.287 e. The van der Waals surface area contributed by atoms with Crippen molar-refractivity contribution in [3.05, 3.63) is 45.2 Å². The maximum atomic E-state index is 14.0. The summed E-state index contributed by atoms with van der Waals surface area (Å²) < 4.78 is 58.1. The minimum Gasteiger partial charge on any atom is -0.320 e. The van der Waals surface area contributed by atoms with Crippen LogP contribution in [0.1, 0.15) is 44.2 Å². The van der Waals surface area contributed by atoms with Crippen molar-refractivity contribution in [3.63, 3.8) is 0 Å². The Hall–Kier alpha value is -1.54. The SMILES string of the molecule is Cc1c(C(C)(C)C)sc(=NS(=O)(=O)c2ccc(F)cc2F)n1CC1CC1. The van der Waals surface area contributed by atoms with Crippen molar-refractivity contribution in [2.75, 3.05) is 0 Å². The van der Waals surface area contributed by atoms with Gasteiger partial charge in [0.05, 0.1) is 0 Å². The Kier molecular flexibility index (Phi) is 4.85. The van der Waals surface area contributed by atoms with Crippen LogP contribution >= 0.6 is 11.3 Å². The third-order valence-electron chi connectivity index (χ3n) is 4.35. The Balaban J connectivity index is 2.17. The second-order valence-electron chi connectivity index (χ2n) is 7.74. The normalized spacial score (nSPS) is 16.3. The lowest BCUT2D eigenvalue weighted by Crippen LogP contribution is -2.20. The Labute approximate surface area is 156 Å². The summed E-state index contributed by atoms with van der Waals surface area (Å²) in [4.78, 5) is 0.773. The first-order valence-corrected chi connectivity index (χ1v) is 10.7. The number of aromatic nitrogens is 1. The number of halogens is 2. The van der Waals surface area contributed by atoms with Gasteiger partial charge in [0.2, 0.25) is 4.80 Å². The van der Waals surface area contributed by atoms with Crippen molar-refractivity contribution in [3.8, 4) is 0 Å². The molecule has 0 atom stereocenters. The molecule has 0 aliphatic heterocycles. The number of sulfonamides is 1. The van der Waals surface area contributed by atoms with Crippen LogP contribution in [0.25, 0.3) is 0 Å². The molecule has 3 rings (SSSR count). The molecule has 4 nitrogen and oxygen atoms in total. The van der Waals surface area contributed by atoms with Crippen LogP contribution in [0.4, 0.5) is 8.78 Å². The number of nitrogens with zero attached hydrogens (tertiary/aromatic N) is 2. The molecular weight excluding hydrogens is 378 g/mol. The number of hydrogen-bond acceptors (Lipinski definition) is 3. The summed E-state index contributed by atoms with van der Waals surface area (Å²) in [6, 6.07) is 2.39. The minimum atomic E-state index is -4.27. The van der Waals surface area contributed by atoms with Crippen LogP contribution in [0.3, 0.4) is 0 Å². The molecule has 1 aromatic carbocycles. The van der Waals surface area contributed by atoms with Crippen LogP contribution in [0.2, 0.25) is 0 Å². The van der Waals surface area contributed by atoms with Gasteiger partial charge in [0, 0.05) is 23.2 Å². The Morgan fingerprint density at radius 1 is 1.27 bits per heavy atom. The number of rotatable bonds is 4. The molecule has 8 heteroatoms. The highest BCUT2D eigenvalue weighted by Gasteiger charge is 2.28. The lowest BCUT2D eigenvalue weighted by Gasteiger charge is -2.17. The Morgan fingerprint density at radius 3 is 2.46 bits per heavy atom. The highest BCUT2D eigenvalue weighted by molar-refractivity contribution is 7.90. The molecule has 26 heavy (non-hydrogen) atoms. The van der Waals surface area contributed by atoms with Crippen molar-refractivity contribution in [1.82, 2.24) is 4.57 Å². The zero-order valence-electron chi connectivity index (χ0n) is 15.2. The summed E-state index contributed by atoms with van der Waals surface area (Å²) in [5, 5.41) is 0. The molecule has 1 fully saturated rings. The van der Waals surface area contributed by atoms with Crippen LogP contribution in [0.5, 0.6) is 0 Å². The van der Waals surface area contributed by atoms with E-state index in [4.69, 9.17) is 0 Å². The summed E-state index contributed by atoms with van der Waals surface area (Å²) in [7, 11) is -4.27. The molecule has 1 saturated carbocycles. The van der Waals surface area contributed by atoms with Gasteiger partial charge in [-0.25, -0.2) is 8.78 Å². The molecule has 1 heterocycles. The fourth-order valence-corrected chi connectivity index (χ4v) is 5.32. The molecule has 0 unspecified atom stereocenters. The highest BCUT2D eigenvalue weighted by Crippen LogP contribution is 2.33. The average Bonchev–Trinajstić information content (AvgIpc) is 3.25. The molecule has 2 aromatic rings. The quantitative estimate of drug-likeness (QED) is 0.775. The molecule has 1 aromatic heterocycles. The molecule has 0 N–H and O–H groups in total. The maximum Gasteiger partial charge on any atom is 0.287 e. The summed E-state index contributed by atoms with van der Waals surface area (Å²) in [6.45, 7) is 8.85. The summed E-state index contributed by atoms with van der Waals surface area (Å²) >= 11 is 1.31. The van der Waals surface area contributed by atoms with Gasteiger partial charge in [-0.3, -0.25) is 0 Å². The van der Waals surface area contributed by atoms with Crippen LogP contribution in [0, 0.1) is 24.5 Å². The van der Waals surface area contributed by atoms with E-state index in [0.29, 0.717) is 23.3 Å². The van der Waals surface area contributed by atoms with Crippen molar-refractivity contribution in [1.29, 1.82) is 0 Å². The highest BCUT2D eigenvalue weighted by atomic mass is 32.2. The molecule has 0 amide bonds. The maximum absolute atomic E-state index is 14.0. The monoisotopic (exact) mass is 400 g/mol.